The molecule has 0 aliphatic heterocycles. The third-order valence-electron chi connectivity index (χ3n) is 4.02. The van der Waals surface area contributed by atoms with Crippen LogP contribution in [0.2, 0.25) is 0 Å². The number of benzene rings is 2. The van der Waals surface area contributed by atoms with Crippen LogP contribution in [0.4, 0.5) is 11.4 Å². The van der Waals surface area contributed by atoms with Crippen molar-refractivity contribution in [2.24, 2.45) is 0 Å². The first kappa shape index (κ1) is 18.5. The standard InChI is InChI=1S/C22H23N3O2/c1-15-5-4-6-19(13-15)25-22(26)17(3)24-18-8-10-20(11-9-18)27-21-12-7-16(2)14-23-21/h4-14,17,24H,1-3H3,(H,25,26). The molecule has 138 valence electrons. The fraction of sp³-hybridized carbons (Fsp3) is 0.182. The van der Waals surface area contributed by atoms with Gasteiger partial charge in [-0.25, -0.2) is 4.98 Å². The fourth-order valence-corrected chi connectivity index (χ4v) is 2.54. The number of nitrogens with zero attached hydrogens (tertiary/aromatic N) is 1. The highest BCUT2D eigenvalue weighted by Crippen LogP contribution is 2.22. The van der Waals surface area contributed by atoms with Gasteiger partial charge in [0.05, 0.1) is 0 Å². The topological polar surface area (TPSA) is 63.2 Å². The summed E-state index contributed by atoms with van der Waals surface area (Å²) in [4.78, 5) is 16.6. The molecule has 0 fully saturated rings. The lowest BCUT2D eigenvalue weighted by molar-refractivity contribution is -0.116. The molecular weight excluding hydrogens is 338 g/mol. The highest BCUT2D eigenvalue weighted by atomic mass is 16.5. The van der Waals surface area contributed by atoms with Gasteiger partial charge in [-0.15, -0.1) is 0 Å². The minimum atomic E-state index is -0.379. The number of pyridine rings is 1. The average molecular weight is 361 g/mol. The minimum Gasteiger partial charge on any atom is -0.439 e. The van der Waals surface area contributed by atoms with Crippen LogP contribution in [0.5, 0.6) is 11.6 Å². The van der Waals surface area contributed by atoms with E-state index >= 15 is 0 Å². The Morgan fingerprint density at radius 1 is 0.963 bits per heavy atom. The predicted molar refractivity (Wildman–Crippen MR) is 108 cm³/mol. The van der Waals surface area contributed by atoms with Gasteiger partial charge >= 0.3 is 0 Å². The third-order valence-corrected chi connectivity index (χ3v) is 4.02. The van der Waals surface area contributed by atoms with Gasteiger partial charge in [-0.2, -0.15) is 0 Å². The maximum Gasteiger partial charge on any atom is 0.246 e. The number of anilines is 2. The van der Waals surface area contributed by atoms with Crippen LogP contribution in [0.15, 0.2) is 66.9 Å². The van der Waals surface area contributed by atoms with E-state index in [1.165, 1.54) is 0 Å². The Kier molecular flexibility index (Phi) is 5.71. The van der Waals surface area contributed by atoms with Crippen molar-refractivity contribution in [2.45, 2.75) is 26.8 Å². The zero-order valence-corrected chi connectivity index (χ0v) is 15.7. The van der Waals surface area contributed by atoms with Gasteiger partial charge < -0.3 is 15.4 Å². The molecule has 0 saturated heterocycles. The molecule has 0 aliphatic carbocycles. The van der Waals surface area contributed by atoms with Crippen molar-refractivity contribution in [3.05, 3.63) is 78.0 Å². The molecule has 5 nitrogen and oxygen atoms in total. The van der Waals surface area contributed by atoms with Crippen molar-refractivity contribution in [3.63, 3.8) is 0 Å². The maximum atomic E-state index is 12.4. The van der Waals surface area contributed by atoms with Crippen LogP contribution in [-0.4, -0.2) is 16.9 Å². The van der Waals surface area contributed by atoms with E-state index in [2.05, 4.69) is 15.6 Å². The molecule has 0 spiro atoms. The first-order chi connectivity index (χ1) is 13.0. The van der Waals surface area contributed by atoms with Gasteiger partial charge in [-0.1, -0.05) is 18.2 Å². The van der Waals surface area contributed by atoms with Gasteiger partial charge in [0.15, 0.2) is 0 Å². The van der Waals surface area contributed by atoms with E-state index in [4.69, 9.17) is 4.74 Å². The van der Waals surface area contributed by atoms with E-state index in [-0.39, 0.29) is 11.9 Å². The summed E-state index contributed by atoms with van der Waals surface area (Å²) in [6.45, 7) is 5.80. The Morgan fingerprint density at radius 3 is 2.41 bits per heavy atom. The molecule has 0 radical (unpaired) electrons. The monoisotopic (exact) mass is 361 g/mol. The second-order valence-corrected chi connectivity index (χ2v) is 6.52. The van der Waals surface area contributed by atoms with E-state index < -0.39 is 0 Å². The molecule has 3 aromatic rings. The summed E-state index contributed by atoms with van der Waals surface area (Å²) in [7, 11) is 0. The van der Waals surface area contributed by atoms with E-state index in [0.717, 1.165) is 22.5 Å². The SMILES string of the molecule is Cc1ccc(Oc2ccc(NC(C)C(=O)Nc3cccc(C)c3)cc2)nc1. The third kappa shape index (κ3) is 5.31. The fourth-order valence-electron chi connectivity index (χ4n) is 2.54. The molecule has 1 atom stereocenters. The largest absolute Gasteiger partial charge is 0.439 e. The summed E-state index contributed by atoms with van der Waals surface area (Å²) < 4.78 is 5.71. The van der Waals surface area contributed by atoms with Crippen molar-refractivity contribution < 1.29 is 9.53 Å². The lowest BCUT2D eigenvalue weighted by atomic mass is 10.2. The van der Waals surface area contributed by atoms with Gasteiger partial charge in [0, 0.05) is 23.6 Å². The van der Waals surface area contributed by atoms with Gasteiger partial charge in [-0.3, -0.25) is 4.79 Å². The molecule has 1 unspecified atom stereocenters. The number of carbonyl (C=O) groups is 1. The summed E-state index contributed by atoms with van der Waals surface area (Å²) in [6.07, 6.45) is 1.76. The van der Waals surface area contributed by atoms with Crippen molar-refractivity contribution in [2.75, 3.05) is 10.6 Å². The number of aromatic nitrogens is 1. The van der Waals surface area contributed by atoms with E-state index in [1.54, 1.807) is 6.20 Å². The quantitative estimate of drug-likeness (QED) is 0.653. The van der Waals surface area contributed by atoms with Gasteiger partial charge in [0.25, 0.3) is 0 Å². The summed E-state index contributed by atoms with van der Waals surface area (Å²) in [6, 6.07) is 18.6. The second-order valence-electron chi connectivity index (χ2n) is 6.52. The molecule has 1 heterocycles. The highest BCUT2D eigenvalue weighted by molar-refractivity contribution is 5.96. The average Bonchev–Trinajstić information content (AvgIpc) is 2.65. The molecule has 27 heavy (non-hydrogen) atoms. The molecule has 3 rings (SSSR count). The Balaban J connectivity index is 1.56. The van der Waals surface area contributed by atoms with Crippen molar-refractivity contribution >= 4 is 17.3 Å². The molecular formula is C22H23N3O2. The van der Waals surface area contributed by atoms with E-state index in [9.17, 15) is 4.79 Å². The lowest BCUT2D eigenvalue weighted by Crippen LogP contribution is -2.31. The Hall–Kier alpha value is -3.34. The predicted octanol–water partition coefficient (Wildman–Crippen LogP) is 4.93. The number of ether oxygens (including phenoxy) is 1. The minimum absolute atomic E-state index is 0.0928. The van der Waals surface area contributed by atoms with Crippen LogP contribution in [-0.2, 0) is 4.79 Å². The summed E-state index contributed by atoms with van der Waals surface area (Å²) in [5, 5.41) is 6.11. The number of hydrogen-bond donors (Lipinski definition) is 2. The van der Waals surface area contributed by atoms with Crippen LogP contribution >= 0.6 is 0 Å². The number of aryl methyl sites for hydroxylation is 2. The van der Waals surface area contributed by atoms with E-state index in [1.807, 2.05) is 81.4 Å². The first-order valence-electron chi connectivity index (χ1n) is 8.84. The Morgan fingerprint density at radius 2 is 1.74 bits per heavy atom. The van der Waals surface area contributed by atoms with Crippen LogP contribution in [0.1, 0.15) is 18.1 Å². The molecule has 2 aromatic carbocycles. The van der Waals surface area contributed by atoms with Crippen molar-refractivity contribution in [1.29, 1.82) is 0 Å². The summed E-state index contributed by atoms with van der Waals surface area (Å²) in [5.41, 5.74) is 3.82. The van der Waals surface area contributed by atoms with Gasteiger partial charge in [0.2, 0.25) is 11.8 Å². The molecule has 1 aromatic heterocycles. The Labute approximate surface area is 159 Å². The lowest BCUT2D eigenvalue weighted by Gasteiger charge is -2.16. The summed E-state index contributed by atoms with van der Waals surface area (Å²) in [5.74, 6) is 1.14. The molecule has 0 bridgehead atoms. The van der Waals surface area contributed by atoms with Crippen LogP contribution in [0.3, 0.4) is 0 Å². The van der Waals surface area contributed by atoms with E-state index in [0.29, 0.717) is 11.6 Å². The Bertz CT molecular complexity index is 906. The second kappa shape index (κ2) is 8.36. The first-order valence-corrected chi connectivity index (χ1v) is 8.84. The smallest absolute Gasteiger partial charge is 0.246 e. The zero-order valence-electron chi connectivity index (χ0n) is 15.7. The van der Waals surface area contributed by atoms with Crippen molar-refractivity contribution in [1.82, 2.24) is 4.98 Å². The number of nitrogens with one attached hydrogen (secondary N) is 2. The van der Waals surface area contributed by atoms with Crippen LogP contribution in [0.25, 0.3) is 0 Å². The molecule has 2 N–H and O–H groups in total. The number of rotatable bonds is 6. The van der Waals surface area contributed by atoms with Crippen molar-refractivity contribution in [3.8, 4) is 11.6 Å². The molecule has 5 heteroatoms. The van der Waals surface area contributed by atoms with Gasteiger partial charge in [-0.05, 0) is 68.3 Å². The number of hydrogen-bond acceptors (Lipinski definition) is 4. The maximum absolute atomic E-state index is 12.4. The molecule has 0 saturated carbocycles. The summed E-state index contributed by atoms with van der Waals surface area (Å²) >= 11 is 0. The number of amides is 1. The van der Waals surface area contributed by atoms with Crippen LogP contribution in [0, 0.1) is 13.8 Å². The molecule has 1 amide bonds. The van der Waals surface area contributed by atoms with Gasteiger partial charge in [0.1, 0.15) is 11.8 Å². The van der Waals surface area contributed by atoms with Crippen LogP contribution < -0.4 is 15.4 Å². The normalized spacial score (nSPS) is 11.5. The highest BCUT2D eigenvalue weighted by Gasteiger charge is 2.13. The molecule has 0 aliphatic rings. The number of carbonyl (C=O) groups excluding carboxylic acids is 1. The zero-order chi connectivity index (χ0) is 19.2.